The van der Waals surface area contributed by atoms with Crippen molar-refractivity contribution >= 4 is 17.3 Å². The van der Waals surface area contributed by atoms with Gasteiger partial charge in [-0.25, -0.2) is 0 Å². The Morgan fingerprint density at radius 3 is 2.38 bits per heavy atom. The maximum atomic E-state index is 12.9. The number of rotatable bonds is 1. The highest BCUT2D eigenvalue weighted by Crippen LogP contribution is 2.66. The lowest BCUT2D eigenvalue weighted by molar-refractivity contribution is -0.144. The fourth-order valence-corrected chi connectivity index (χ4v) is 7.59. The van der Waals surface area contributed by atoms with Crippen LogP contribution in [0.1, 0.15) is 72.1 Å². The van der Waals surface area contributed by atoms with Crippen LogP contribution in [0, 0.1) is 40.4 Å². The molecule has 4 saturated carbocycles. The highest BCUT2D eigenvalue weighted by molar-refractivity contribution is 6.45. The molecule has 24 heavy (non-hydrogen) atoms. The van der Waals surface area contributed by atoms with Gasteiger partial charge in [-0.15, -0.1) is 0 Å². The third-order valence-electron chi connectivity index (χ3n) is 8.65. The van der Waals surface area contributed by atoms with Gasteiger partial charge < -0.3 is 0 Å². The molecule has 0 radical (unpaired) electrons. The Kier molecular flexibility index (Phi) is 3.61. The van der Waals surface area contributed by atoms with E-state index in [0.717, 1.165) is 25.2 Å². The topological polar surface area (TPSA) is 51.2 Å². The van der Waals surface area contributed by atoms with E-state index in [9.17, 15) is 14.4 Å². The molecule has 7 atom stereocenters. The molecule has 0 aromatic rings. The second-order valence-electron chi connectivity index (χ2n) is 9.59. The van der Waals surface area contributed by atoms with Gasteiger partial charge in [-0.3, -0.25) is 14.4 Å². The summed E-state index contributed by atoms with van der Waals surface area (Å²) < 4.78 is 0. The van der Waals surface area contributed by atoms with Gasteiger partial charge in [-0.05, 0) is 74.0 Å². The molecule has 3 nitrogen and oxygen atoms in total. The number of fused-ring (bicyclic) bond motifs is 5. The third-order valence-corrected chi connectivity index (χ3v) is 8.65. The van der Waals surface area contributed by atoms with Crippen LogP contribution >= 0.6 is 0 Å². The summed E-state index contributed by atoms with van der Waals surface area (Å²) in [5.41, 5.74) is -0.0703. The van der Waals surface area contributed by atoms with Gasteiger partial charge >= 0.3 is 0 Å². The third kappa shape index (κ3) is 1.93. The van der Waals surface area contributed by atoms with E-state index in [1.165, 1.54) is 39.0 Å². The first-order chi connectivity index (χ1) is 11.3. The molecular formula is C21H30O3. The van der Waals surface area contributed by atoms with Crippen LogP contribution in [-0.4, -0.2) is 17.3 Å². The zero-order chi connectivity index (χ0) is 17.3. The first kappa shape index (κ1) is 16.5. The second kappa shape index (κ2) is 5.25. The minimum Gasteiger partial charge on any atom is -0.299 e. The van der Waals surface area contributed by atoms with Crippen LogP contribution in [0.15, 0.2) is 0 Å². The average Bonchev–Trinajstić information content (AvgIpc) is 2.73. The second-order valence-corrected chi connectivity index (χ2v) is 9.59. The Hall–Kier alpha value is -0.990. The summed E-state index contributed by atoms with van der Waals surface area (Å²) in [7, 11) is 0. The standard InChI is InChI=1S/C21H30O3/c1-12(22)16-18(23)19(24)17-14-8-7-13-6-4-5-10-20(13,2)15(14)9-11-21(16,17)3/h13-17H,4-11H2,1-3H3/t13?,14-,15+,16+,17-,20+,21-/m1/s1. The number of carbonyl (C=O) groups is 3. The summed E-state index contributed by atoms with van der Waals surface area (Å²) in [6.45, 7) is 6.01. The fourth-order valence-electron chi connectivity index (χ4n) is 7.59. The first-order valence-electron chi connectivity index (χ1n) is 9.89. The predicted molar refractivity (Wildman–Crippen MR) is 91.3 cm³/mol. The van der Waals surface area contributed by atoms with E-state index < -0.39 is 11.3 Å². The van der Waals surface area contributed by atoms with E-state index >= 15 is 0 Å². The van der Waals surface area contributed by atoms with Gasteiger partial charge in [-0.1, -0.05) is 26.7 Å². The first-order valence-corrected chi connectivity index (χ1v) is 9.89. The van der Waals surface area contributed by atoms with Gasteiger partial charge in [0.25, 0.3) is 0 Å². The number of hydrogen-bond acceptors (Lipinski definition) is 3. The summed E-state index contributed by atoms with van der Waals surface area (Å²) in [5, 5.41) is 0. The molecule has 0 heterocycles. The largest absolute Gasteiger partial charge is 0.299 e. The van der Waals surface area contributed by atoms with Crippen molar-refractivity contribution in [2.75, 3.05) is 0 Å². The number of hydrogen-bond donors (Lipinski definition) is 0. The molecule has 0 aromatic carbocycles. The normalized spacial score (nSPS) is 50.9. The van der Waals surface area contributed by atoms with Gasteiger partial charge in [0.05, 0.1) is 5.92 Å². The Bertz CT molecular complexity index is 608. The van der Waals surface area contributed by atoms with Gasteiger partial charge in [0.15, 0.2) is 0 Å². The summed E-state index contributed by atoms with van der Waals surface area (Å²) in [5.74, 6) is 0.116. The van der Waals surface area contributed by atoms with Crippen molar-refractivity contribution in [3.05, 3.63) is 0 Å². The molecule has 0 N–H and O–H groups in total. The van der Waals surface area contributed by atoms with Crippen molar-refractivity contribution in [3.63, 3.8) is 0 Å². The van der Waals surface area contributed by atoms with Crippen molar-refractivity contribution < 1.29 is 14.4 Å². The zero-order valence-corrected chi connectivity index (χ0v) is 15.3. The minimum atomic E-state index is -0.673. The molecule has 4 aliphatic carbocycles. The fraction of sp³-hybridized carbons (Fsp3) is 0.857. The van der Waals surface area contributed by atoms with Crippen molar-refractivity contribution in [2.45, 2.75) is 72.1 Å². The van der Waals surface area contributed by atoms with Crippen molar-refractivity contribution in [1.82, 2.24) is 0 Å². The summed E-state index contributed by atoms with van der Waals surface area (Å²) >= 11 is 0. The molecule has 0 saturated heterocycles. The molecule has 4 aliphatic rings. The van der Waals surface area contributed by atoms with Crippen LogP contribution in [0.25, 0.3) is 0 Å². The lowest BCUT2D eigenvalue weighted by atomic mass is 9.44. The van der Waals surface area contributed by atoms with E-state index in [4.69, 9.17) is 0 Å². The van der Waals surface area contributed by atoms with Crippen LogP contribution < -0.4 is 0 Å². The summed E-state index contributed by atoms with van der Waals surface area (Å²) in [6.07, 6.45) is 9.51. The highest BCUT2D eigenvalue weighted by atomic mass is 16.2. The molecule has 0 bridgehead atoms. The summed E-state index contributed by atoms with van der Waals surface area (Å²) in [6, 6.07) is 0. The van der Waals surface area contributed by atoms with Crippen LogP contribution in [0.2, 0.25) is 0 Å². The average molecular weight is 330 g/mol. The van der Waals surface area contributed by atoms with E-state index in [1.54, 1.807) is 0 Å². The molecular weight excluding hydrogens is 300 g/mol. The van der Waals surface area contributed by atoms with Gasteiger partial charge in [-0.2, -0.15) is 0 Å². The number of ketones is 3. The lowest BCUT2D eigenvalue weighted by Crippen LogP contribution is -2.54. The number of carbonyl (C=O) groups excluding carboxylic acids is 3. The van der Waals surface area contributed by atoms with E-state index in [-0.39, 0.29) is 23.3 Å². The molecule has 132 valence electrons. The van der Waals surface area contributed by atoms with Crippen LogP contribution in [0.3, 0.4) is 0 Å². The van der Waals surface area contributed by atoms with Crippen LogP contribution in [-0.2, 0) is 14.4 Å². The van der Waals surface area contributed by atoms with Crippen molar-refractivity contribution in [2.24, 2.45) is 40.4 Å². The molecule has 0 aliphatic heterocycles. The highest BCUT2D eigenvalue weighted by Gasteiger charge is 2.66. The Morgan fingerprint density at radius 2 is 1.67 bits per heavy atom. The minimum absolute atomic E-state index is 0.102. The maximum Gasteiger partial charge on any atom is 0.209 e. The van der Waals surface area contributed by atoms with Crippen LogP contribution in [0.5, 0.6) is 0 Å². The Balaban J connectivity index is 1.73. The van der Waals surface area contributed by atoms with Gasteiger partial charge in [0, 0.05) is 5.92 Å². The molecule has 0 aromatic heterocycles. The zero-order valence-electron chi connectivity index (χ0n) is 15.3. The van der Waals surface area contributed by atoms with Crippen molar-refractivity contribution in [1.29, 1.82) is 0 Å². The smallest absolute Gasteiger partial charge is 0.209 e. The molecule has 4 rings (SSSR count). The van der Waals surface area contributed by atoms with Gasteiger partial charge in [0.2, 0.25) is 11.6 Å². The number of Topliss-reactive ketones (excluding diaryl/α,β-unsaturated/α-hetero) is 3. The van der Waals surface area contributed by atoms with E-state index in [1.807, 2.05) is 0 Å². The molecule has 3 heteroatoms. The molecule has 4 fully saturated rings. The van der Waals surface area contributed by atoms with Crippen LogP contribution in [0.4, 0.5) is 0 Å². The molecule has 0 spiro atoms. The lowest BCUT2D eigenvalue weighted by Gasteiger charge is -2.59. The molecule has 0 amide bonds. The molecule has 1 unspecified atom stereocenters. The maximum absolute atomic E-state index is 12.9. The Morgan fingerprint density at radius 1 is 0.917 bits per heavy atom. The monoisotopic (exact) mass is 330 g/mol. The quantitative estimate of drug-likeness (QED) is 0.540. The predicted octanol–water partition coefficient (Wildman–Crippen LogP) is 3.98. The van der Waals surface area contributed by atoms with E-state index in [2.05, 4.69) is 13.8 Å². The summed E-state index contributed by atoms with van der Waals surface area (Å²) in [4.78, 5) is 37.6. The SMILES string of the molecule is CC(=O)[C@H]1C(=O)C(=O)[C@H]2[C@@H]3CCC4CCCC[C@]4(C)[C@H]3CC[C@]12C. The van der Waals surface area contributed by atoms with E-state index in [0.29, 0.717) is 17.3 Å². The Labute approximate surface area is 144 Å². The van der Waals surface area contributed by atoms with Crippen molar-refractivity contribution in [3.8, 4) is 0 Å². The van der Waals surface area contributed by atoms with Gasteiger partial charge in [0.1, 0.15) is 5.78 Å².